The quantitative estimate of drug-likeness (QED) is 0.731. The van der Waals surface area contributed by atoms with Gasteiger partial charge in [-0.1, -0.05) is 50.2 Å². The molecule has 0 saturated carbocycles. The van der Waals surface area contributed by atoms with Crippen molar-refractivity contribution in [3.05, 3.63) is 59.7 Å². The second-order valence-electron chi connectivity index (χ2n) is 6.92. The molecule has 0 spiro atoms. The number of carbonyl (C=O) groups is 2. The first-order chi connectivity index (χ1) is 13.1. The van der Waals surface area contributed by atoms with Crippen LogP contribution in [-0.4, -0.2) is 31.6 Å². The van der Waals surface area contributed by atoms with Gasteiger partial charge < -0.3 is 14.4 Å². The van der Waals surface area contributed by atoms with E-state index >= 15 is 0 Å². The highest BCUT2D eigenvalue weighted by Crippen LogP contribution is 2.27. The van der Waals surface area contributed by atoms with Crippen molar-refractivity contribution in [2.45, 2.75) is 32.6 Å². The lowest BCUT2D eigenvalue weighted by Gasteiger charge is -2.29. The number of fused-ring (bicyclic) bond motifs is 1. The summed E-state index contributed by atoms with van der Waals surface area (Å²) < 4.78 is 10.7. The van der Waals surface area contributed by atoms with E-state index in [4.69, 9.17) is 9.47 Å². The Hall–Kier alpha value is -2.82. The summed E-state index contributed by atoms with van der Waals surface area (Å²) in [4.78, 5) is 26.2. The molecular formula is C22H25NO4. The summed E-state index contributed by atoms with van der Waals surface area (Å²) in [7, 11) is 0. The van der Waals surface area contributed by atoms with Gasteiger partial charge in [-0.05, 0) is 42.0 Å². The third-order valence-electron chi connectivity index (χ3n) is 4.65. The summed E-state index contributed by atoms with van der Waals surface area (Å²) in [6, 6.07) is 15.5. The molecule has 2 aromatic carbocycles. The molecule has 1 amide bonds. The standard InChI is InChI=1S/C22H25NO4/c1-16(2)18-10-4-6-12-20(18)26-15-22(25)27-14-21(24)23-13-7-9-17-8-3-5-11-19(17)23/h3-6,8,10-12,16H,7,9,13-15H2,1-2H3. The van der Waals surface area contributed by atoms with Crippen LogP contribution in [0.2, 0.25) is 0 Å². The number of rotatable bonds is 6. The van der Waals surface area contributed by atoms with Crippen LogP contribution in [0.4, 0.5) is 5.69 Å². The molecule has 1 aliphatic rings. The van der Waals surface area contributed by atoms with Crippen molar-refractivity contribution in [1.29, 1.82) is 0 Å². The Morgan fingerprint density at radius 1 is 1.04 bits per heavy atom. The van der Waals surface area contributed by atoms with Crippen molar-refractivity contribution in [1.82, 2.24) is 0 Å². The van der Waals surface area contributed by atoms with Gasteiger partial charge in [0.15, 0.2) is 13.2 Å². The number of carbonyl (C=O) groups excluding carboxylic acids is 2. The molecule has 0 aromatic heterocycles. The number of hydrogen-bond acceptors (Lipinski definition) is 4. The number of para-hydroxylation sites is 2. The molecule has 0 saturated heterocycles. The van der Waals surface area contributed by atoms with Crippen LogP contribution in [0.5, 0.6) is 5.75 Å². The predicted octanol–water partition coefficient (Wildman–Crippen LogP) is 3.71. The first-order valence-corrected chi connectivity index (χ1v) is 9.32. The van der Waals surface area contributed by atoms with E-state index in [1.807, 2.05) is 48.5 Å². The van der Waals surface area contributed by atoms with Crippen LogP contribution in [0.3, 0.4) is 0 Å². The van der Waals surface area contributed by atoms with Crippen LogP contribution >= 0.6 is 0 Å². The fourth-order valence-electron chi connectivity index (χ4n) is 3.28. The van der Waals surface area contributed by atoms with Gasteiger partial charge in [0.25, 0.3) is 5.91 Å². The Morgan fingerprint density at radius 3 is 2.59 bits per heavy atom. The molecule has 5 nitrogen and oxygen atoms in total. The summed E-state index contributed by atoms with van der Waals surface area (Å²) in [6.07, 6.45) is 1.87. The highest BCUT2D eigenvalue weighted by molar-refractivity contribution is 5.96. The van der Waals surface area contributed by atoms with Crippen LogP contribution < -0.4 is 9.64 Å². The number of amides is 1. The van der Waals surface area contributed by atoms with Gasteiger partial charge in [-0.3, -0.25) is 4.79 Å². The Balaban J connectivity index is 1.52. The van der Waals surface area contributed by atoms with Crippen molar-refractivity contribution in [2.24, 2.45) is 0 Å². The van der Waals surface area contributed by atoms with Crippen molar-refractivity contribution in [3.63, 3.8) is 0 Å². The van der Waals surface area contributed by atoms with Gasteiger partial charge in [-0.25, -0.2) is 4.79 Å². The lowest BCUT2D eigenvalue weighted by molar-refractivity contribution is -0.149. The number of aryl methyl sites for hydroxylation is 1. The van der Waals surface area contributed by atoms with Crippen LogP contribution in [0.1, 0.15) is 37.3 Å². The minimum absolute atomic E-state index is 0.210. The number of anilines is 1. The van der Waals surface area contributed by atoms with E-state index in [0.29, 0.717) is 12.3 Å². The van der Waals surface area contributed by atoms with E-state index in [1.54, 1.807) is 4.90 Å². The maximum Gasteiger partial charge on any atom is 0.344 e. The molecule has 2 aromatic rings. The highest BCUT2D eigenvalue weighted by atomic mass is 16.6. The Morgan fingerprint density at radius 2 is 1.78 bits per heavy atom. The lowest BCUT2D eigenvalue weighted by atomic mass is 10.0. The minimum atomic E-state index is -0.549. The smallest absolute Gasteiger partial charge is 0.344 e. The Kier molecular flexibility index (Phi) is 6.12. The maximum absolute atomic E-state index is 12.5. The molecule has 1 aliphatic heterocycles. The zero-order chi connectivity index (χ0) is 19.2. The van der Waals surface area contributed by atoms with Crippen molar-refractivity contribution < 1.29 is 19.1 Å². The van der Waals surface area contributed by atoms with Gasteiger partial charge in [0.1, 0.15) is 5.75 Å². The second-order valence-corrected chi connectivity index (χ2v) is 6.92. The van der Waals surface area contributed by atoms with Crippen LogP contribution in [0.25, 0.3) is 0 Å². The van der Waals surface area contributed by atoms with Gasteiger partial charge in [-0.2, -0.15) is 0 Å². The van der Waals surface area contributed by atoms with Crippen LogP contribution in [-0.2, 0) is 20.7 Å². The van der Waals surface area contributed by atoms with E-state index in [2.05, 4.69) is 13.8 Å². The largest absolute Gasteiger partial charge is 0.482 e. The SMILES string of the molecule is CC(C)c1ccccc1OCC(=O)OCC(=O)N1CCCc2ccccc21. The number of ether oxygens (including phenoxy) is 2. The topological polar surface area (TPSA) is 55.8 Å². The zero-order valence-corrected chi connectivity index (χ0v) is 15.8. The van der Waals surface area contributed by atoms with Gasteiger partial charge in [-0.15, -0.1) is 0 Å². The Bertz CT molecular complexity index is 815. The van der Waals surface area contributed by atoms with Crippen LogP contribution in [0, 0.1) is 0 Å². The number of esters is 1. The molecule has 0 bridgehead atoms. The summed E-state index contributed by atoms with van der Waals surface area (Å²) in [5, 5.41) is 0. The molecule has 0 unspecified atom stereocenters. The summed E-state index contributed by atoms with van der Waals surface area (Å²) >= 11 is 0. The molecule has 0 aliphatic carbocycles. The van der Waals surface area contributed by atoms with Crippen molar-refractivity contribution in [3.8, 4) is 5.75 Å². The molecular weight excluding hydrogens is 342 g/mol. The fraction of sp³-hybridized carbons (Fsp3) is 0.364. The third-order valence-corrected chi connectivity index (χ3v) is 4.65. The summed E-state index contributed by atoms with van der Waals surface area (Å²) in [5.74, 6) is 0.198. The number of nitrogens with zero attached hydrogens (tertiary/aromatic N) is 1. The average molecular weight is 367 g/mol. The molecule has 27 heavy (non-hydrogen) atoms. The first-order valence-electron chi connectivity index (χ1n) is 9.32. The monoisotopic (exact) mass is 367 g/mol. The number of hydrogen-bond donors (Lipinski definition) is 0. The molecule has 142 valence electrons. The van der Waals surface area contributed by atoms with E-state index in [1.165, 1.54) is 0 Å². The van der Waals surface area contributed by atoms with Crippen molar-refractivity contribution >= 4 is 17.6 Å². The molecule has 5 heteroatoms. The first kappa shape index (κ1) is 19.0. The second kappa shape index (κ2) is 8.71. The minimum Gasteiger partial charge on any atom is -0.482 e. The third kappa shape index (κ3) is 4.67. The average Bonchev–Trinajstić information content (AvgIpc) is 2.70. The molecule has 0 atom stereocenters. The van der Waals surface area contributed by atoms with Gasteiger partial charge in [0.05, 0.1) is 0 Å². The fourth-order valence-corrected chi connectivity index (χ4v) is 3.28. The maximum atomic E-state index is 12.5. The van der Waals surface area contributed by atoms with Gasteiger partial charge in [0, 0.05) is 12.2 Å². The van der Waals surface area contributed by atoms with Gasteiger partial charge in [0.2, 0.25) is 0 Å². The summed E-state index contributed by atoms with van der Waals surface area (Å²) in [5.41, 5.74) is 3.09. The van der Waals surface area contributed by atoms with E-state index < -0.39 is 5.97 Å². The molecule has 0 fully saturated rings. The molecule has 0 radical (unpaired) electrons. The molecule has 0 N–H and O–H groups in total. The summed E-state index contributed by atoms with van der Waals surface area (Å²) in [6.45, 7) is 4.28. The van der Waals surface area contributed by atoms with Crippen LogP contribution in [0.15, 0.2) is 48.5 Å². The predicted molar refractivity (Wildman–Crippen MR) is 104 cm³/mol. The van der Waals surface area contributed by atoms with Crippen molar-refractivity contribution in [2.75, 3.05) is 24.7 Å². The van der Waals surface area contributed by atoms with E-state index in [0.717, 1.165) is 29.7 Å². The molecule has 1 heterocycles. The Labute approximate surface area is 159 Å². The lowest BCUT2D eigenvalue weighted by Crippen LogP contribution is -2.38. The zero-order valence-electron chi connectivity index (χ0n) is 15.8. The van der Waals surface area contributed by atoms with Gasteiger partial charge >= 0.3 is 5.97 Å². The highest BCUT2D eigenvalue weighted by Gasteiger charge is 2.23. The number of benzene rings is 2. The molecule has 3 rings (SSSR count). The van der Waals surface area contributed by atoms with E-state index in [-0.39, 0.29) is 25.0 Å². The normalized spacial score (nSPS) is 13.2. The van der Waals surface area contributed by atoms with E-state index in [9.17, 15) is 9.59 Å².